The quantitative estimate of drug-likeness (QED) is 0.735. The lowest BCUT2D eigenvalue weighted by atomic mass is 9.77. The molecular weight excluding hydrogens is 215 g/mol. The lowest BCUT2D eigenvalue weighted by molar-refractivity contribution is 0.290. The molecule has 2 rings (SSSR count). The Balaban J connectivity index is 2.42. The van der Waals surface area contributed by atoms with Crippen molar-refractivity contribution in [1.82, 2.24) is 0 Å². The molecule has 1 saturated carbocycles. The molecule has 0 amide bonds. The van der Waals surface area contributed by atoms with Crippen molar-refractivity contribution in [2.24, 2.45) is 5.73 Å². The fourth-order valence-electron chi connectivity index (χ4n) is 2.36. The van der Waals surface area contributed by atoms with E-state index in [1.54, 1.807) is 0 Å². The number of benzene rings is 1. The van der Waals surface area contributed by atoms with Gasteiger partial charge in [-0.25, -0.2) is 13.2 Å². The molecule has 1 fully saturated rings. The summed E-state index contributed by atoms with van der Waals surface area (Å²) < 4.78 is 39.5. The Bertz CT molecular complexity index is 397. The van der Waals surface area contributed by atoms with Crippen molar-refractivity contribution in [3.8, 4) is 0 Å². The molecule has 0 radical (unpaired) electrons. The highest BCUT2D eigenvalue weighted by molar-refractivity contribution is 5.28. The molecule has 0 bridgehead atoms. The minimum absolute atomic E-state index is 0.103. The predicted molar refractivity (Wildman–Crippen MR) is 55.3 cm³/mol. The largest absolute Gasteiger partial charge is 0.321 e. The highest BCUT2D eigenvalue weighted by Crippen LogP contribution is 2.36. The van der Waals surface area contributed by atoms with Gasteiger partial charge in [0.2, 0.25) is 0 Å². The maximum absolute atomic E-state index is 13.6. The van der Waals surface area contributed by atoms with Gasteiger partial charge in [0.1, 0.15) is 5.82 Å². The minimum atomic E-state index is -1.17. The molecule has 1 aromatic rings. The maximum Gasteiger partial charge on any atom is 0.161 e. The first-order valence-electron chi connectivity index (χ1n) is 5.47. The molecule has 0 unspecified atom stereocenters. The lowest BCUT2D eigenvalue weighted by Gasteiger charge is -2.34. The first kappa shape index (κ1) is 11.5. The van der Waals surface area contributed by atoms with Crippen molar-refractivity contribution in [2.75, 3.05) is 0 Å². The van der Waals surface area contributed by atoms with Gasteiger partial charge in [0.15, 0.2) is 11.6 Å². The summed E-state index contributed by atoms with van der Waals surface area (Å²) >= 11 is 0. The van der Waals surface area contributed by atoms with Crippen LogP contribution in [0, 0.1) is 17.5 Å². The molecule has 2 N–H and O–H groups in total. The second-order valence-electron chi connectivity index (χ2n) is 4.46. The zero-order valence-corrected chi connectivity index (χ0v) is 8.90. The standard InChI is InChI=1S/C12H14F3N/c13-9-7-11(15)10(14)6-8(9)12(16)4-2-1-3-5-12/h6-7H,1-5,16H2. The molecule has 0 saturated heterocycles. The van der Waals surface area contributed by atoms with Crippen molar-refractivity contribution in [3.05, 3.63) is 35.1 Å². The fraction of sp³-hybridized carbons (Fsp3) is 0.500. The molecule has 1 aromatic carbocycles. The molecule has 88 valence electrons. The van der Waals surface area contributed by atoms with Crippen molar-refractivity contribution >= 4 is 0 Å². The average molecular weight is 229 g/mol. The van der Waals surface area contributed by atoms with Crippen LogP contribution in [-0.2, 0) is 5.54 Å². The van der Waals surface area contributed by atoms with E-state index in [0.29, 0.717) is 18.9 Å². The van der Waals surface area contributed by atoms with Gasteiger partial charge >= 0.3 is 0 Å². The van der Waals surface area contributed by atoms with Crippen LogP contribution in [0.3, 0.4) is 0 Å². The third-order valence-corrected chi connectivity index (χ3v) is 3.29. The molecule has 16 heavy (non-hydrogen) atoms. The van der Waals surface area contributed by atoms with Crippen molar-refractivity contribution in [1.29, 1.82) is 0 Å². The first-order valence-corrected chi connectivity index (χ1v) is 5.47. The van der Waals surface area contributed by atoms with Gasteiger partial charge in [0, 0.05) is 17.2 Å². The zero-order valence-electron chi connectivity index (χ0n) is 8.90. The SMILES string of the molecule is NC1(c2cc(F)c(F)cc2F)CCCCC1. The van der Waals surface area contributed by atoms with Crippen LogP contribution in [0.4, 0.5) is 13.2 Å². The third kappa shape index (κ3) is 1.94. The van der Waals surface area contributed by atoms with Gasteiger partial charge in [0.05, 0.1) is 0 Å². The summed E-state index contributed by atoms with van der Waals surface area (Å²) in [5, 5.41) is 0. The molecule has 0 heterocycles. The highest BCUT2D eigenvalue weighted by Gasteiger charge is 2.32. The van der Waals surface area contributed by atoms with E-state index in [1.165, 1.54) is 0 Å². The summed E-state index contributed by atoms with van der Waals surface area (Å²) in [5.41, 5.74) is 5.34. The minimum Gasteiger partial charge on any atom is -0.321 e. The van der Waals surface area contributed by atoms with E-state index in [-0.39, 0.29) is 5.56 Å². The van der Waals surface area contributed by atoms with E-state index in [1.807, 2.05) is 0 Å². The molecule has 0 aromatic heterocycles. The summed E-state index contributed by atoms with van der Waals surface area (Å²) in [4.78, 5) is 0. The van der Waals surface area contributed by atoms with Crippen LogP contribution in [0.15, 0.2) is 12.1 Å². The molecular formula is C12H14F3N. The van der Waals surface area contributed by atoms with Crippen LogP contribution < -0.4 is 5.73 Å². The van der Waals surface area contributed by atoms with Crippen LogP contribution in [-0.4, -0.2) is 0 Å². The molecule has 1 nitrogen and oxygen atoms in total. The van der Waals surface area contributed by atoms with Gasteiger partial charge in [0.25, 0.3) is 0 Å². The van der Waals surface area contributed by atoms with Gasteiger partial charge in [-0.15, -0.1) is 0 Å². The summed E-state index contributed by atoms with van der Waals surface area (Å²) in [5.74, 6) is -2.95. The Hall–Kier alpha value is -1.03. The smallest absolute Gasteiger partial charge is 0.161 e. The zero-order chi connectivity index (χ0) is 11.8. The number of hydrogen-bond donors (Lipinski definition) is 1. The van der Waals surface area contributed by atoms with Gasteiger partial charge in [-0.05, 0) is 18.9 Å². The normalized spacial score (nSPS) is 19.8. The second-order valence-corrected chi connectivity index (χ2v) is 4.46. The third-order valence-electron chi connectivity index (χ3n) is 3.29. The van der Waals surface area contributed by atoms with E-state index in [2.05, 4.69) is 0 Å². The molecule has 0 aliphatic heterocycles. The Kier molecular flexibility index (Phi) is 2.93. The Morgan fingerprint density at radius 2 is 1.44 bits per heavy atom. The summed E-state index contributed by atoms with van der Waals surface area (Å²) in [6, 6.07) is 1.48. The van der Waals surface area contributed by atoms with Crippen molar-refractivity contribution in [3.63, 3.8) is 0 Å². The number of hydrogen-bond acceptors (Lipinski definition) is 1. The van der Waals surface area contributed by atoms with Gasteiger partial charge in [-0.3, -0.25) is 0 Å². The highest BCUT2D eigenvalue weighted by atomic mass is 19.2. The van der Waals surface area contributed by atoms with E-state index in [9.17, 15) is 13.2 Å². The summed E-state index contributed by atoms with van der Waals surface area (Å²) in [7, 11) is 0. The van der Waals surface area contributed by atoms with Gasteiger partial charge in [-0.2, -0.15) is 0 Å². The predicted octanol–water partition coefficient (Wildman–Crippen LogP) is 3.22. The summed E-state index contributed by atoms with van der Waals surface area (Å²) in [6.07, 6.45) is 4.10. The Morgan fingerprint density at radius 3 is 2.06 bits per heavy atom. The number of rotatable bonds is 1. The summed E-state index contributed by atoms with van der Waals surface area (Å²) in [6.45, 7) is 0. The number of nitrogens with two attached hydrogens (primary N) is 1. The van der Waals surface area contributed by atoms with Crippen molar-refractivity contribution < 1.29 is 13.2 Å². The lowest BCUT2D eigenvalue weighted by Crippen LogP contribution is -2.39. The van der Waals surface area contributed by atoms with E-state index >= 15 is 0 Å². The van der Waals surface area contributed by atoms with E-state index in [4.69, 9.17) is 5.73 Å². The number of halogens is 3. The van der Waals surface area contributed by atoms with Gasteiger partial charge < -0.3 is 5.73 Å². The monoisotopic (exact) mass is 229 g/mol. The van der Waals surface area contributed by atoms with Gasteiger partial charge in [-0.1, -0.05) is 19.3 Å². The molecule has 1 aliphatic carbocycles. The van der Waals surface area contributed by atoms with Crippen molar-refractivity contribution in [2.45, 2.75) is 37.6 Å². The van der Waals surface area contributed by atoms with Crippen LogP contribution in [0.5, 0.6) is 0 Å². The topological polar surface area (TPSA) is 26.0 Å². The van der Waals surface area contributed by atoms with E-state index < -0.39 is 23.0 Å². The molecule has 1 aliphatic rings. The van der Waals surface area contributed by atoms with Crippen LogP contribution in [0.25, 0.3) is 0 Å². The molecule has 0 spiro atoms. The van der Waals surface area contributed by atoms with Crippen LogP contribution in [0.1, 0.15) is 37.7 Å². The fourth-order valence-corrected chi connectivity index (χ4v) is 2.36. The van der Waals surface area contributed by atoms with Crippen LogP contribution >= 0.6 is 0 Å². The Morgan fingerprint density at radius 1 is 0.875 bits per heavy atom. The first-order chi connectivity index (χ1) is 7.53. The molecule has 4 heteroatoms. The average Bonchev–Trinajstić information content (AvgIpc) is 2.24. The van der Waals surface area contributed by atoms with E-state index in [0.717, 1.165) is 25.3 Å². The molecule has 0 atom stereocenters. The van der Waals surface area contributed by atoms with Crippen LogP contribution in [0.2, 0.25) is 0 Å². The Labute approximate surface area is 92.5 Å². The second kappa shape index (κ2) is 4.09. The maximum atomic E-state index is 13.6.